The predicted octanol–water partition coefficient (Wildman–Crippen LogP) is 5.17. The lowest BCUT2D eigenvalue weighted by Gasteiger charge is -2.21. The van der Waals surface area contributed by atoms with Crippen LogP contribution in [-0.2, 0) is 4.79 Å². The number of anilines is 1. The van der Waals surface area contributed by atoms with Crippen LogP contribution in [0.15, 0.2) is 97.1 Å². The Hall–Kier alpha value is -3.79. The lowest BCUT2D eigenvalue weighted by molar-refractivity contribution is -0.119. The fourth-order valence-corrected chi connectivity index (χ4v) is 3.57. The molecule has 1 atom stereocenters. The smallest absolute Gasteiger partial charge is 0.240 e. The lowest BCUT2D eigenvalue weighted by Crippen LogP contribution is -2.34. The van der Waals surface area contributed by atoms with Crippen LogP contribution in [0, 0.1) is 0 Å². The molecule has 0 radical (unpaired) electrons. The van der Waals surface area contributed by atoms with E-state index in [0.717, 1.165) is 33.3 Å². The van der Waals surface area contributed by atoms with Crippen molar-refractivity contribution in [3.05, 3.63) is 108 Å². The molecular weight excluding hydrogens is 372 g/mol. The summed E-state index contributed by atoms with van der Waals surface area (Å²) < 4.78 is 5.26. The molecule has 1 unspecified atom stereocenters. The monoisotopic (exact) mass is 396 g/mol. The second-order valence-electron chi connectivity index (χ2n) is 7.06. The second-order valence-corrected chi connectivity index (χ2v) is 7.06. The molecule has 2 N–H and O–H groups in total. The number of hydrogen-bond donors (Lipinski definition) is 2. The average molecular weight is 396 g/mol. The van der Waals surface area contributed by atoms with E-state index in [0.29, 0.717) is 0 Å². The third kappa shape index (κ3) is 4.44. The van der Waals surface area contributed by atoms with Gasteiger partial charge < -0.3 is 15.4 Å². The van der Waals surface area contributed by atoms with Crippen LogP contribution in [-0.4, -0.2) is 19.6 Å². The molecule has 0 aliphatic heterocycles. The van der Waals surface area contributed by atoms with Crippen molar-refractivity contribution in [3.8, 4) is 5.75 Å². The van der Waals surface area contributed by atoms with Crippen LogP contribution in [0.3, 0.4) is 0 Å². The maximum Gasteiger partial charge on any atom is 0.240 e. The minimum Gasteiger partial charge on any atom is -0.497 e. The Bertz CT molecular complexity index is 1120. The Balaban J connectivity index is 1.51. The number of benzene rings is 4. The van der Waals surface area contributed by atoms with E-state index < -0.39 is 0 Å². The highest BCUT2D eigenvalue weighted by Crippen LogP contribution is 2.25. The van der Waals surface area contributed by atoms with Gasteiger partial charge in [-0.05, 0) is 34.7 Å². The molecule has 0 aliphatic rings. The van der Waals surface area contributed by atoms with Gasteiger partial charge in [0.05, 0.1) is 19.7 Å². The van der Waals surface area contributed by atoms with Crippen molar-refractivity contribution in [2.75, 3.05) is 19.0 Å². The number of hydrogen-bond acceptors (Lipinski definition) is 3. The van der Waals surface area contributed by atoms with Gasteiger partial charge in [0.2, 0.25) is 5.91 Å². The zero-order valence-electron chi connectivity index (χ0n) is 16.8. The largest absolute Gasteiger partial charge is 0.497 e. The maximum absolute atomic E-state index is 12.8. The molecule has 0 fully saturated rings. The van der Waals surface area contributed by atoms with E-state index in [9.17, 15) is 4.79 Å². The fraction of sp³-hybridized carbons (Fsp3) is 0.115. The Morgan fingerprint density at radius 2 is 1.47 bits per heavy atom. The molecule has 0 heterocycles. The van der Waals surface area contributed by atoms with E-state index in [-0.39, 0.29) is 18.5 Å². The van der Waals surface area contributed by atoms with Crippen LogP contribution in [0.2, 0.25) is 0 Å². The first-order valence-electron chi connectivity index (χ1n) is 9.94. The Morgan fingerprint density at radius 1 is 0.800 bits per heavy atom. The van der Waals surface area contributed by atoms with Gasteiger partial charge >= 0.3 is 0 Å². The Morgan fingerprint density at radius 3 is 2.23 bits per heavy atom. The number of amides is 1. The third-order valence-electron chi connectivity index (χ3n) is 5.12. The number of carbonyl (C=O) groups is 1. The first kappa shape index (κ1) is 19.5. The minimum atomic E-state index is -0.237. The standard InChI is InChI=1S/C26H24N2O2/c1-30-22-16-14-21(15-17-22)26(20-9-3-2-4-10-20)28-25(29)18-27-24-13-7-11-19-8-5-6-12-23(19)24/h2-17,26-27H,18H2,1H3,(H,28,29). The van der Waals surface area contributed by atoms with Gasteiger partial charge in [-0.3, -0.25) is 4.79 Å². The van der Waals surface area contributed by atoms with Crippen molar-refractivity contribution in [2.24, 2.45) is 0 Å². The number of rotatable bonds is 7. The molecule has 0 saturated heterocycles. The molecular formula is C26H24N2O2. The molecule has 4 rings (SSSR count). The van der Waals surface area contributed by atoms with Crippen LogP contribution in [0.25, 0.3) is 10.8 Å². The zero-order chi connectivity index (χ0) is 20.8. The van der Waals surface area contributed by atoms with Crippen LogP contribution in [0.1, 0.15) is 17.2 Å². The van der Waals surface area contributed by atoms with E-state index in [1.165, 1.54) is 0 Å². The van der Waals surface area contributed by atoms with Crippen molar-refractivity contribution < 1.29 is 9.53 Å². The third-order valence-corrected chi connectivity index (χ3v) is 5.12. The number of methoxy groups -OCH3 is 1. The predicted molar refractivity (Wildman–Crippen MR) is 122 cm³/mol. The van der Waals surface area contributed by atoms with Gasteiger partial charge in [-0.1, -0.05) is 78.9 Å². The van der Waals surface area contributed by atoms with Gasteiger partial charge in [-0.25, -0.2) is 0 Å². The molecule has 4 nitrogen and oxygen atoms in total. The number of ether oxygens (including phenoxy) is 1. The van der Waals surface area contributed by atoms with Crippen molar-refractivity contribution >= 4 is 22.4 Å². The zero-order valence-corrected chi connectivity index (χ0v) is 16.8. The molecule has 4 heteroatoms. The van der Waals surface area contributed by atoms with Gasteiger partial charge in [0.25, 0.3) is 0 Å². The van der Waals surface area contributed by atoms with Crippen LogP contribution in [0.4, 0.5) is 5.69 Å². The number of fused-ring (bicyclic) bond motifs is 1. The van der Waals surface area contributed by atoms with Crippen LogP contribution >= 0.6 is 0 Å². The molecule has 0 bridgehead atoms. The Labute approximate surface area is 176 Å². The van der Waals surface area contributed by atoms with Gasteiger partial charge in [-0.15, -0.1) is 0 Å². The van der Waals surface area contributed by atoms with Crippen molar-refractivity contribution in [2.45, 2.75) is 6.04 Å². The summed E-state index contributed by atoms with van der Waals surface area (Å²) in [7, 11) is 1.64. The van der Waals surface area contributed by atoms with Crippen LogP contribution in [0.5, 0.6) is 5.75 Å². The average Bonchev–Trinajstić information content (AvgIpc) is 2.82. The first-order valence-corrected chi connectivity index (χ1v) is 9.94. The molecule has 30 heavy (non-hydrogen) atoms. The molecule has 4 aromatic rings. The highest BCUT2D eigenvalue weighted by molar-refractivity contribution is 5.95. The summed E-state index contributed by atoms with van der Waals surface area (Å²) in [4.78, 5) is 12.8. The van der Waals surface area contributed by atoms with E-state index in [2.05, 4.69) is 28.8 Å². The quantitative estimate of drug-likeness (QED) is 0.453. The minimum absolute atomic E-state index is 0.0763. The number of carbonyl (C=O) groups excluding carboxylic acids is 1. The van der Waals surface area contributed by atoms with Gasteiger partial charge in [-0.2, -0.15) is 0 Å². The maximum atomic E-state index is 12.8. The summed E-state index contributed by atoms with van der Waals surface area (Å²) in [5, 5.41) is 8.69. The van der Waals surface area contributed by atoms with E-state index in [1.54, 1.807) is 7.11 Å². The second kappa shape index (κ2) is 9.14. The first-order chi connectivity index (χ1) is 14.7. The van der Waals surface area contributed by atoms with E-state index >= 15 is 0 Å². The summed E-state index contributed by atoms with van der Waals surface area (Å²) in [6.45, 7) is 0.188. The summed E-state index contributed by atoms with van der Waals surface area (Å²) >= 11 is 0. The molecule has 1 amide bonds. The normalized spacial score (nSPS) is 11.6. The highest BCUT2D eigenvalue weighted by Gasteiger charge is 2.17. The lowest BCUT2D eigenvalue weighted by atomic mass is 9.98. The van der Waals surface area contributed by atoms with Crippen molar-refractivity contribution in [1.29, 1.82) is 0 Å². The summed E-state index contributed by atoms with van der Waals surface area (Å²) in [5.74, 6) is 0.710. The molecule has 0 spiro atoms. The SMILES string of the molecule is COc1ccc(C(NC(=O)CNc2cccc3ccccc23)c2ccccc2)cc1. The Kier molecular flexibility index (Phi) is 5.95. The molecule has 150 valence electrons. The summed E-state index contributed by atoms with van der Waals surface area (Å²) in [6.07, 6.45) is 0. The molecule has 0 aliphatic carbocycles. The van der Waals surface area contributed by atoms with Crippen molar-refractivity contribution in [3.63, 3.8) is 0 Å². The molecule has 0 aromatic heterocycles. The van der Waals surface area contributed by atoms with Crippen LogP contribution < -0.4 is 15.4 Å². The van der Waals surface area contributed by atoms with E-state index in [4.69, 9.17) is 4.74 Å². The molecule has 0 saturated carbocycles. The summed E-state index contributed by atoms with van der Waals surface area (Å²) in [5.41, 5.74) is 2.98. The molecule has 4 aromatic carbocycles. The van der Waals surface area contributed by atoms with E-state index in [1.807, 2.05) is 78.9 Å². The van der Waals surface area contributed by atoms with Gasteiger partial charge in [0.15, 0.2) is 0 Å². The highest BCUT2D eigenvalue weighted by atomic mass is 16.5. The van der Waals surface area contributed by atoms with Gasteiger partial charge in [0.1, 0.15) is 5.75 Å². The fourth-order valence-electron chi connectivity index (χ4n) is 3.57. The van der Waals surface area contributed by atoms with Crippen molar-refractivity contribution in [1.82, 2.24) is 5.32 Å². The van der Waals surface area contributed by atoms with Gasteiger partial charge in [0, 0.05) is 11.1 Å². The number of nitrogens with one attached hydrogen (secondary N) is 2. The topological polar surface area (TPSA) is 50.4 Å². The summed E-state index contributed by atoms with van der Waals surface area (Å²) in [6, 6.07) is 31.7.